The second-order valence-electron chi connectivity index (χ2n) is 6.60. The molecule has 1 heterocycles. The predicted molar refractivity (Wildman–Crippen MR) is 97.2 cm³/mol. The number of hydrogen-bond donors (Lipinski definition) is 2. The molecule has 1 saturated carbocycles. The average molecular weight is 332 g/mol. The highest BCUT2D eigenvalue weighted by atomic mass is 16.1. The molecule has 0 spiro atoms. The van der Waals surface area contributed by atoms with Crippen molar-refractivity contribution in [2.24, 2.45) is 0 Å². The molecule has 2 N–H and O–H groups in total. The van der Waals surface area contributed by atoms with Crippen molar-refractivity contribution in [3.05, 3.63) is 59.4 Å². The highest BCUT2D eigenvalue weighted by molar-refractivity contribution is 5.96. The third-order valence-corrected chi connectivity index (χ3v) is 4.46. The Morgan fingerprint density at radius 2 is 1.80 bits per heavy atom. The molecule has 5 nitrogen and oxygen atoms in total. The Morgan fingerprint density at radius 3 is 2.44 bits per heavy atom. The van der Waals surface area contributed by atoms with E-state index in [1.165, 1.54) is 0 Å². The predicted octanol–water partition coefficient (Wildman–Crippen LogP) is 3.65. The van der Waals surface area contributed by atoms with Crippen LogP contribution in [0.1, 0.15) is 34.6 Å². The fourth-order valence-electron chi connectivity index (χ4n) is 2.84. The zero-order valence-corrected chi connectivity index (χ0v) is 14.3. The SMILES string of the molecule is Cc1nc(-c2ccc(-c3cc(C(=O)NC4CC4)ccc3C)cc2)n[nH]1. The molecule has 126 valence electrons. The van der Waals surface area contributed by atoms with Gasteiger partial charge in [0.25, 0.3) is 5.91 Å². The molecule has 25 heavy (non-hydrogen) atoms. The van der Waals surface area contributed by atoms with Crippen molar-refractivity contribution < 1.29 is 4.79 Å². The fourth-order valence-corrected chi connectivity index (χ4v) is 2.84. The first-order chi connectivity index (χ1) is 12.1. The van der Waals surface area contributed by atoms with Crippen LogP contribution >= 0.6 is 0 Å². The first-order valence-corrected chi connectivity index (χ1v) is 8.51. The number of hydrogen-bond acceptors (Lipinski definition) is 3. The normalized spacial score (nSPS) is 13.7. The molecule has 0 atom stereocenters. The van der Waals surface area contributed by atoms with Crippen molar-refractivity contribution in [2.45, 2.75) is 32.7 Å². The summed E-state index contributed by atoms with van der Waals surface area (Å²) in [4.78, 5) is 16.7. The number of amides is 1. The van der Waals surface area contributed by atoms with E-state index in [2.05, 4.69) is 27.4 Å². The van der Waals surface area contributed by atoms with Crippen LogP contribution < -0.4 is 5.32 Å². The van der Waals surface area contributed by atoms with Crippen molar-refractivity contribution in [3.63, 3.8) is 0 Å². The molecular formula is C20H20N4O. The summed E-state index contributed by atoms with van der Waals surface area (Å²) in [6.07, 6.45) is 2.18. The van der Waals surface area contributed by atoms with Crippen LogP contribution in [0.15, 0.2) is 42.5 Å². The quantitative estimate of drug-likeness (QED) is 0.766. The lowest BCUT2D eigenvalue weighted by molar-refractivity contribution is 0.0951. The van der Waals surface area contributed by atoms with E-state index in [1.807, 2.05) is 49.4 Å². The van der Waals surface area contributed by atoms with E-state index < -0.39 is 0 Å². The van der Waals surface area contributed by atoms with Crippen molar-refractivity contribution in [2.75, 3.05) is 0 Å². The van der Waals surface area contributed by atoms with Crippen molar-refractivity contribution in [3.8, 4) is 22.5 Å². The maximum Gasteiger partial charge on any atom is 0.251 e. The minimum atomic E-state index is 0.0107. The molecule has 0 aliphatic heterocycles. The molecule has 1 aromatic heterocycles. The smallest absolute Gasteiger partial charge is 0.251 e. The molecule has 1 aliphatic rings. The van der Waals surface area contributed by atoms with Gasteiger partial charge in [-0.3, -0.25) is 9.89 Å². The summed E-state index contributed by atoms with van der Waals surface area (Å²) >= 11 is 0. The Labute approximate surface area is 146 Å². The minimum Gasteiger partial charge on any atom is -0.349 e. The summed E-state index contributed by atoms with van der Waals surface area (Å²) in [5.74, 6) is 1.50. The van der Waals surface area contributed by atoms with Gasteiger partial charge >= 0.3 is 0 Å². The van der Waals surface area contributed by atoms with E-state index in [4.69, 9.17) is 0 Å². The first kappa shape index (κ1) is 15.6. The Hall–Kier alpha value is -2.95. The summed E-state index contributed by atoms with van der Waals surface area (Å²) in [7, 11) is 0. The Morgan fingerprint density at radius 1 is 1.08 bits per heavy atom. The fraction of sp³-hybridized carbons (Fsp3) is 0.250. The third kappa shape index (κ3) is 3.31. The Balaban J connectivity index is 1.63. The number of aromatic nitrogens is 3. The highest BCUT2D eigenvalue weighted by Gasteiger charge is 2.24. The Kier molecular flexibility index (Phi) is 3.84. The van der Waals surface area contributed by atoms with Crippen LogP contribution in [0.2, 0.25) is 0 Å². The topological polar surface area (TPSA) is 70.7 Å². The lowest BCUT2D eigenvalue weighted by Crippen LogP contribution is -2.25. The summed E-state index contributed by atoms with van der Waals surface area (Å²) in [6, 6.07) is 14.3. The number of benzene rings is 2. The van der Waals surface area contributed by atoms with Crippen LogP contribution in [0.3, 0.4) is 0 Å². The zero-order valence-electron chi connectivity index (χ0n) is 14.3. The van der Waals surface area contributed by atoms with Crippen molar-refractivity contribution in [1.29, 1.82) is 0 Å². The van der Waals surface area contributed by atoms with Gasteiger partial charge in [-0.25, -0.2) is 4.98 Å². The highest BCUT2D eigenvalue weighted by Crippen LogP contribution is 2.27. The number of aryl methyl sites for hydroxylation is 2. The lowest BCUT2D eigenvalue weighted by atomic mass is 9.97. The van der Waals surface area contributed by atoms with Gasteiger partial charge in [-0.15, -0.1) is 0 Å². The average Bonchev–Trinajstić information content (AvgIpc) is 3.33. The summed E-state index contributed by atoms with van der Waals surface area (Å²) < 4.78 is 0. The van der Waals surface area contributed by atoms with Gasteiger partial charge in [0.05, 0.1) is 0 Å². The van der Waals surface area contributed by atoms with E-state index in [9.17, 15) is 4.79 Å². The molecule has 2 aromatic carbocycles. The molecule has 1 aliphatic carbocycles. The molecular weight excluding hydrogens is 312 g/mol. The second-order valence-corrected chi connectivity index (χ2v) is 6.60. The van der Waals surface area contributed by atoms with Gasteiger partial charge in [-0.05, 0) is 55.5 Å². The van der Waals surface area contributed by atoms with Crippen molar-refractivity contribution >= 4 is 5.91 Å². The maximum atomic E-state index is 12.3. The molecule has 0 saturated heterocycles. The number of nitrogens with zero attached hydrogens (tertiary/aromatic N) is 2. The molecule has 1 fully saturated rings. The number of rotatable bonds is 4. The number of H-pyrrole nitrogens is 1. The van der Waals surface area contributed by atoms with Crippen LogP contribution in [-0.2, 0) is 0 Å². The zero-order chi connectivity index (χ0) is 17.4. The lowest BCUT2D eigenvalue weighted by Gasteiger charge is -2.10. The molecule has 0 radical (unpaired) electrons. The molecule has 3 aromatic rings. The summed E-state index contributed by atoms with van der Waals surface area (Å²) in [6.45, 7) is 3.94. The van der Waals surface area contributed by atoms with Gasteiger partial charge in [-0.2, -0.15) is 5.10 Å². The number of nitrogens with one attached hydrogen (secondary N) is 2. The molecule has 0 unspecified atom stereocenters. The van der Waals surface area contributed by atoms with Gasteiger partial charge in [0.1, 0.15) is 5.82 Å². The van der Waals surface area contributed by atoms with E-state index in [-0.39, 0.29) is 5.91 Å². The van der Waals surface area contributed by atoms with Gasteiger partial charge in [-0.1, -0.05) is 30.3 Å². The minimum absolute atomic E-state index is 0.0107. The third-order valence-electron chi connectivity index (χ3n) is 4.46. The van der Waals surface area contributed by atoms with E-state index >= 15 is 0 Å². The van der Waals surface area contributed by atoms with Gasteiger partial charge in [0.2, 0.25) is 0 Å². The van der Waals surface area contributed by atoms with E-state index in [1.54, 1.807) is 0 Å². The van der Waals surface area contributed by atoms with Gasteiger partial charge in [0.15, 0.2) is 5.82 Å². The van der Waals surface area contributed by atoms with E-state index in [0.717, 1.165) is 40.9 Å². The van der Waals surface area contributed by atoms with Gasteiger partial charge in [0, 0.05) is 17.2 Å². The van der Waals surface area contributed by atoms with Crippen molar-refractivity contribution in [1.82, 2.24) is 20.5 Å². The van der Waals surface area contributed by atoms with E-state index in [0.29, 0.717) is 17.4 Å². The largest absolute Gasteiger partial charge is 0.349 e. The van der Waals surface area contributed by atoms with Gasteiger partial charge < -0.3 is 5.32 Å². The number of aromatic amines is 1. The molecule has 1 amide bonds. The summed E-state index contributed by atoms with van der Waals surface area (Å²) in [5, 5.41) is 10.1. The van der Waals surface area contributed by atoms with Crippen LogP contribution in [0.25, 0.3) is 22.5 Å². The number of carbonyl (C=O) groups is 1. The molecule has 4 rings (SSSR count). The standard InChI is InChI=1S/C20H20N4O/c1-12-3-4-16(20(25)22-17-9-10-17)11-18(12)14-5-7-15(8-6-14)19-21-13(2)23-24-19/h3-8,11,17H,9-10H2,1-2H3,(H,22,25)(H,21,23,24). The second kappa shape index (κ2) is 6.16. The van der Waals surface area contributed by atoms with Crippen LogP contribution in [-0.4, -0.2) is 27.1 Å². The molecule has 0 bridgehead atoms. The van der Waals surface area contributed by atoms with Crippen LogP contribution in [0.5, 0.6) is 0 Å². The first-order valence-electron chi connectivity index (χ1n) is 8.51. The summed E-state index contributed by atoms with van der Waals surface area (Å²) in [5.41, 5.74) is 4.97. The molecule has 5 heteroatoms. The maximum absolute atomic E-state index is 12.3. The number of carbonyl (C=O) groups excluding carboxylic acids is 1. The van der Waals surface area contributed by atoms with Crippen LogP contribution in [0.4, 0.5) is 0 Å². The Bertz CT molecular complexity index is 923. The van der Waals surface area contributed by atoms with Crippen LogP contribution in [0, 0.1) is 13.8 Å². The monoisotopic (exact) mass is 332 g/mol.